The van der Waals surface area contributed by atoms with Gasteiger partial charge < -0.3 is 5.32 Å². The van der Waals surface area contributed by atoms with Gasteiger partial charge in [0.15, 0.2) is 0 Å². The molecule has 24 heavy (non-hydrogen) atoms. The molecule has 3 nitrogen and oxygen atoms in total. The number of halogens is 1. The highest BCUT2D eigenvalue weighted by atomic mass is 35.5. The molecule has 0 aliphatic carbocycles. The van der Waals surface area contributed by atoms with Crippen molar-refractivity contribution in [1.29, 1.82) is 0 Å². The highest BCUT2D eigenvalue weighted by Crippen LogP contribution is 2.36. The van der Waals surface area contributed by atoms with Crippen molar-refractivity contribution in [2.45, 2.75) is 6.92 Å². The molecule has 5 heteroatoms. The molecule has 0 radical (unpaired) electrons. The summed E-state index contributed by atoms with van der Waals surface area (Å²) in [4.78, 5) is 10.8. The van der Waals surface area contributed by atoms with E-state index in [0.717, 1.165) is 32.2 Å². The molecule has 2 aromatic carbocycles. The van der Waals surface area contributed by atoms with E-state index in [2.05, 4.69) is 52.5 Å². The number of hydrogen-bond donors (Lipinski definition) is 1. The molecule has 2 aromatic heterocycles. The first kappa shape index (κ1) is 15.1. The second-order valence-electron chi connectivity index (χ2n) is 5.53. The Morgan fingerprint density at radius 2 is 1.71 bits per heavy atom. The number of fused-ring (bicyclic) bond motifs is 1. The number of anilines is 2. The van der Waals surface area contributed by atoms with Gasteiger partial charge in [-0.3, -0.25) is 0 Å². The Bertz CT molecular complexity index is 994. The molecule has 0 fully saturated rings. The highest BCUT2D eigenvalue weighted by molar-refractivity contribution is 7.22. The molecule has 0 saturated heterocycles. The third kappa shape index (κ3) is 2.98. The zero-order valence-corrected chi connectivity index (χ0v) is 14.5. The molecule has 0 bridgehead atoms. The third-order valence-electron chi connectivity index (χ3n) is 3.74. The van der Waals surface area contributed by atoms with E-state index >= 15 is 0 Å². The van der Waals surface area contributed by atoms with Gasteiger partial charge in [-0.1, -0.05) is 48.0 Å². The van der Waals surface area contributed by atoms with E-state index in [1.165, 1.54) is 5.56 Å². The van der Waals surface area contributed by atoms with Crippen molar-refractivity contribution in [1.82, 2.24) is 9.97 Å². The Morgan fingerprint density at radius 3 is 2.46 bits per heavy atom. The SMILES string of the molecule is Cc1ccc(Nc2nc(Cl)nc3sc(-c4ccccc4)cc23)cc1. The summed E-state index contributed by atoms with van der Waals surface area (Å²) >= 11 is 7.73. The van der Waals surface area contributed by atoms with Gasteiger partial charge in [-0.05, 0) is 42.3 Å². The predicted octanol–water partition coefficient (Wildman–Crippen LogP) is 6.06. The van der Waals surface area contributed by atoms with Crippen molar-refractivity contribution in [3.8, 4) is 10.4 Å². The number of benzene rings is 2. The Morgan fingerprint density at radius 1 is 0.958 bits per heavy atom. The first-order valence-electron chi connectivity index (χ1n) is 7.55. The molecule has 4 aromatic rings. The Labute approximate surface area is 149 Å². The Balaban J connectivity index is 1.80. The monoisotopic (exact) mass is 351 g/mol. The lowest BCUT2D eigenvalue weighted by Crippen LogP contribution is -1.95. The van der Waals surface area contributed by atoms with Gasteiger partial charge in [0.1, 0.15) is 10.6 Å². The average molecular weight is 352 g/mol. The summed E-state index contributed by atoms with van der Waals surface area (Å²) in [6, 6.07) is 20.5. The van der Waals surface area contributed by atoms with Crippen molar-refractivity contribution < 1.29 is 0 Å². The lowest BCUT2D eigenvalue weighted by atomic mass is 10.2. The van der Waals surface area contributed by atoms with Crippen LogP contribution in [-0.4, -0.2) is 9.97 Å². The topological polar surface area (TPSA) is 37.8 Å². The van der Waals surface area contributed by atoms with Crippen molar-refractivity contribution in [2.24, 2.45) is 0 Å². The third-order valence-corrected chi connectivity index (χ3v) is 4.99. The molecule has 1 N–H and O–H groups in total. The smallest absolute Gasteiger partial charge is 0.225 e. The van der Waals surface area contributed by atoms with E-state index in [9.17, 15) is 0 Å². The van der Waals surface area contributed by atoms with Crippen LogP contribution in [0.2, 0.25) is 5.28 Å². The normalized spacial score (nSPS) is 10.9. The number of aryl methyl sites for hydroxylation is 1. The first-order chi connectivity index (χ1) is 11.7. The largest absolute Gasteiger partial charge is 0.340 e. The number of nitrogens with zero attached hydrogens (tertiary/aromatic N) is 2. The van der Waals surface area contributed by atoms with E-state index in [1.54, 1.807) is 11.3 Å². The van der Waals surface area contributed by atoms with E-state index in [4.69, 9.17) is 11.6 Å². The molecule has 0 amide bonds. The fraction of sp³-hybridized carbons (Fsp3) is 0.0526. The minimum Gasteiger partial charge on any atom is -0.340 e. The number of thiophene rings is 1. The molecule has 0 saturated carbocycles. The van der Waals surface area contributed by atoms with Crippen LogP contribution in [0, 0.1) is 6.92 Å². The maximum Gasteiger partial charge on any atom is 0.225 e. The molecule has 4 rings (SSSR count). The Hall–Kier alpha value is -2.43. The molecule has 0 spiro atoms. The van der Waals surface area contributed by atoms with Crippen LogP contribution >= 0.6 is 22.9 Å². The molecule has 118 valence electrons. The molecule has 0 unspecified atom stereocenters. The van der Waals surface area contributed by atoms with Crippen LogP contribution in [0.3, 0.4) is 0 Å². The van der Waals surface area contributed by atoms with Crippen molar-refractivity contribution in [2.75, 3.05) is 5.32 Å². The predicted molar refractivity (Wildman–Crippen MR) is 102 cm³/mol. The standard InChI is InChI=1S/C19H14ClN3S/c1-12-7-9-14(10-8-12)21-17-15-11-16(13-5-3-2-4-6-13)24-18(15)23-19(20)22-17/h2-11H,1H3,(H,21,22,23). The minimum absolute atomic E-state index is 0.249. The van der Waals surface area contributed by atoms with Gasteiger partial charge >= 0.3 is 0 Å². The van der Waals surface area contributed by atoms with Gasteiger partial charge in [-0.15, -0.1) is 11.3 Å². The number of hydrogen-bond acceptors (Lipinski definition) is 4. The quantitative estimate of drug-likeness (QED) is 0.455. The highest BCUT2D eigenvalue weighted by Gasteiger charge is 2.12. The maximum absolute atomic E-state index is 6.11. The van der Waals surface area contributed by atoms with Gasteiger partial charge in [0.2, 0.25) is 5.28 Å². The van der Waals surface area contributed by atoms with E-state index in [0.29, 0.717) is 0 Å². The summed E-state index contributed by atoms with van der Waals surface area (Å²) < 4.78 is 0. The number of aromatic nitrogens is 2. The van der Waals surface area contributed by atoms with E-state index < -0.39 is 0 Å². The second-order valence-corrected chi connectivity index (χ2v) is 6.90. The van der Waals surface area contributed by atoms with E-state index in [1.807, 2.05) is 30.3 Å². The molecule has 0 aliphatic rings. The average Bonchev–Trinajstić information content (AvgIpc) is 3.02. The summed E-state index contributed by atoms with van der Waals surface area (Å²) in [5, 5.41) is 4.58. The van der Waals surface area contributed by atoms with Crippen molar-refractivity contribution >= 4 is 44.7 Å². The lowest BCUT2D eigenvalue weighted by molar-refractivity contribution is 1.23. The zero-order chi connectivity index (χ0) is 16.5. The van der Waals surface area contributed by atoms with Gasteiger partial charge in [-0.25, -0.2) is 4.98 Å². The van der Waals surface area contributed by atoms with Crippen LogP contribution < -0.4 is 5.32 Å². The number of rotatable bonds is 3. The Kier molecular flexibility index (Phi) is 3.92. The molecule has 0 aliphatic heterocycles. The molecule has 2 heterocycles. The van der Waals surface area contributed by atoms with E-state index in [-0.39, 0.29) is 5.28 Å². The van der Waals surface area contributed by atoms with Crippen LogP contribution in [0.5, 0.6) is 0 Å². The second kappa shape index (κ2) is 6.23. The van der Waals surface area contributed by atoms with Gasteiger partial charge in [0.05, 0.1) is 5.39 Å². The fourth-order valence-corrected chi connectivity index (χ4v) is 3.76. The van der Waals surface area contributed by atoms with Crippen molar-refractivity contribution in [3.63, 3.8) is 0 Å². The van der Waals surface area contributed by atoms with Crippen LogP contribution in [0.25, 0.3) is 20.7 Å². The molecule has 0 atom stereocenters. The van der Waals surface area contributed by atoms with Gasteiger partial charge in [0, 0.05) is 10.6 Å². The minimum atomic E-state index is 0.249. The van der Waals surface area contributed by atoms with Gasteiger partial charge in [-0.2, -0.15) is 4.98 Å². The summed E-state index contributed by atoms with van der Waals surface area (Å²) in [6.07, 6.45) is 0. The summed E-state index contributed by atoms with van der Waals surface area (Å²) in [6.45, 7) is 2.06. The fourth-order valence-electron chi connectivity index (χ4n) is 2.51. The first-order valence-corrected chi connectivity index (χ1v) is 8.75. The molecular weight excluding hydrogens is 338 g/mol. The van der Waals surface area contributed by atoms with Crippen LogP contribution in [-0.2, 0) is 0 Å². The van der Waals surface area contributed by atoms with Gasteiger partial charge in [0.25, 0.3) is 0 Å². The number of nitrogens with one attached hydrogen (secondary N) is 1. The molecular formula is C19H14ClN3S. The lowest BCUT2D eigenvalue weighted by Gasteiger charge is -2.07. The maximum atomic E-state index is 6.11. The van der Waals surface area contributed by atoms with Crippen LogP contribution in [0.15, 0.2) is 60.7 Å². The zero-order valence-electron chi connectivity index (χ0n) is 13.0. The summed E-state index contributed by atoms with van der Waals surface area (Å²) in [5.41, 5.74) is 3.36. The van der Waals surface area contributed by atoms with Crippen molar-refractivity contribution in [3.05, 3.63) is 71.5 Å². The summed E-state index contributed by atoms with van der Waals surface area (Å²) in [7, 11) is 0. The summed E-state index contributed by atoms with van der Waals surface area (Å²) in [5.74, 6) is 0.729. The van der Waals surface area contributed by atoms with Crippen LogP contribution in [0.4, 0.5) is 11.5 Å². The van der Waals surface area contributed by atoms with Crippen LogP contribution in [0.1, 0.15) is 5.56 Å².